The maximum absolute atomic E-state index is 13.3. The van der Waals surface area contributed by atoms with E-state index in [1.165, 1.54) is 11.6 Å². The number of ether oxygens (including phenoxy) is 1. The van der Waals surface area contributed by atoms with Gasteiger partial charge in [0.1, 0.15) is 11.6 Å². The summed E-state index contributed by atoms with van der Waals surface area (Å²) in [6.45, 7) is 3.24. The van der Waals surface area contributed by atoms with Crippen molar-refractivity contribution in [2.24, 2.45) is 0 Å². The number of nitrogens with two attached hydrogens (primary N) is 1. The van der Waals surface area contributed by atoms with Gasteiger partial charge in [0.2, 0.25) is 0 Å². The van der Waals surface area contributed by atoms with E-state index in [-0.39, 0.29) is 11.9 Å². The van der Waals surface area contributed by atoms with Crippen LogP contribution >= 0.6 is 0 Å². The van der Waals surface area contributed by atoms with E-state index in [1.54, 1.807) is 18.3 Å². The van der Waals surface area contributed by atoms with Crippen LogP contribution in [0.3, 0.4) is 0 Å². The number of hydrogen-bond donors (Lipinski definition) is 1. The SMILES string of the molecule is Nc1cc(CCC2CN(Cc3cccc(F)c3)CCO2)ccn1. The molecule has 1 aromatic carbocycles. The van der Waals surface area contributed by atoms with E-state index in [2.05, 4.69) is 9.88 Å². The lowest BCUT2D eigenvalue weighted by Gasteiger charge is -2.33. The van der Waals surface area contributed by atoms with Crippen LogP contribution in [0.1, 0.15) is 17.5 Å². The summed E-state index contributed by atoms with van der Waals surface area (Å²) >= 11 is 0. The van der Waals surface area contributed by atoms with Gasteiger partial charge in [-0.2, -0.15) is 0 Å². The molecule has 1 saturated heterocycles. The zero-order chi connectivity index (χ0) is 16.1. The first kappa shape index (κ1) is 15.9. The molecule has 0 saturated carbocycles. The van der Waals surface area contributed by atoms with Crippen molar-refractivity contribution >= 4 is 5.82 Å². The van der Waals surface area contributed by atoms with Crippen molar-refractivity contribution in [2.45, 2.75) is 25.5 Å². The van der Waals surface area contributed by atoms with Crippen LogP contribution in [0.2, 0.25) is 0 Å². The van der Waals surface area contributed by atoms with Crippen LogP contribution in [0.4, 0.5) is 10.2 Å². The smallest absolute Gasteiger partial charge is 0.123 e. The van der Waals surface area contributed by atoms with Crippen molar-refractivity contribution in [1.29, 1.82) is 0 Å². The number of benzene rings is 1. The molecule has 1 fully saturated rings. The molecule has 3 rings (SSSR count). The number of anilines is 1. The van der Waals surface area contributed by atoms with E-state index in [0.29, 0.717) is 5.82 Å². The highest BCUT2D eigenvalue weighted by Crippen LogP contribution is 2.16. The third kappa shape index (κ3) is 4.74. The molecule has 5 heteroatoms. The Kier molecular flexibility index (Phi) is 5.20. The lowest BCUT2D eigenvalue weighted by atomic mass is 10.1. The molecule has 122 valence electrons. The molecule has 1 aromatic heterocycles. The van der Waals surface area contributed by atoms with E-state index in [4.69, 9.17) is 10.5 Å². The maximum Gasteiger partial charge on any atom is 0.123 e. The third-order valence-electron chi connectivity index (χ3n) is 4.12. The Bertz CT molecular complexity index is 650. The van der Waals surface area contributed by atoms with Crippen LogP contribution in [0.5, 0.6) is 0 Å². The molecule has 2 aromatic rings. The molecule has 0 amide bonds. The Morgan fingerprint density at radius 1 is 1.26 bits per heavy atom. The summed E-state index contributed by atoms with van der Waals surface area (Å²) in [5.74, 6) is 0.377. The van der Waals surface area contributed by atoms with Gasteiger partial charge in [-0.25, -0.2) is 9.37 Å². The van der Waals surface area contributed by atoms with Gasteiger partial charge in [0.15, 0.2) is 0 Å². The van der Waals surface area contributed by atoms with Crippen molar-refractivity contribution < 1.29 is 9.13 Å². The molecular formula is C18H22FN3O. The molecule has 0 aliphatic carbocycles. The zero-order valence-corrected chi connectivity index (χ0v) is 13.1. The first-order chi connectivity index (χ1) is 11.2. The highest BCUT2D eigenvalue weighted by Gasteiger charge is 2.20. The first-order valence-corrected chi connectivity index (χ1v) is 7.98. The minimum absolute atomic E-state index is 0.178. The Balaban J connectivity index is 1.52. The average molecular weight is 315 g/mol. The van der Waals surface area contributed by atoms with Gasteiger partial charge in [-0.15, -0.1) is 0 Å². The number of morpholine rings is 1. The van der Waals surface area contributed by atoms with Crippen molar-refractivity contribution in [2.75, 3.05) is 25.4 Å². The van der Waals surface area contributed by atoms with Crippen molar-refractivity contribution in [3.05, 3.63) is 59.5 Å². The van der Waals surface area contributed by atoms with Gasteiger partial charge >= 0.3 is 0 Å². The fourth-order valence-corrected chi connectivity index (χ4v) is 2.97. The zero-order valence-electron chi connectivity index (χ0n) is 13.1. The highest BCUT2D eigenvalue weighted by atomic mass is 19.1. The van der Waals surface area contributed by atoms with E-state index >= 15 is 0 Å². The lowest BCUT2D eigenvalue weighted by molar-refractivity contribution is -0.0345. The number of aryl methyl sites for hydroxylation is 1. The van der Waals surface area contributed by atoms with Crippen LogP contribution in [-0.4, -0.2) is 35.7 Å². The predicted molar refractivity (Wildman–Crippen MR) is 88.4 cm³/mol. The quantitative estimate of drug-likeness (QED) is 0.921. The highest BCUT2D eigenvalue weighted by molar-refractivity contribution is 5.31. The van der Waals surface area contributed by atoms with Crippen LogP contribution in [-0.2, 0) is 17.7 Å². The lowest BCUT2D eigenvalue weighted by Crippen LogP contribution is -2.42. The van der Waals surface area contributed by atoms with Gasteiger partial charge in [0, 0.05) is 25.8 Å². The summed E-state index contributed by atoms with van der Waals surface area (Å²) in [5.41, 5.74) is 7.90. The molecule has 0 bridgehead atoms. The number of aromatic nitrogens is 1. The number of nitrogen functional groups attached to an aromatic ring is 1. The second-order valence-electron chi connectivity index (χ2n) is 5.99. The number of rotatable bonds is 5. The molecule has 2 heterocycles. The topological polar surface area (TPSA) is 51.4 Å². The van der Waals surface area contributed by atoms with Gasteiger partial charge in [0.25, 0.3) is 0 Å². The molecular weight excluding hydrogens is 293 g/mol. The molecule has 1 unspecified atom stereocenters. The molecule has 1 aliphatic rings. The van der Waals surface area contributed by atoms with Crippen molar-refractivity contribution in [3.8, 4) is 0 Å². The van der Waals surface area contributed by atoms with Crippen LogP contribution < -0.4 is 5.73 Å². The first-order valence-electron chi connectivity index (χ1n) is 7.98. The molecule has 0 radical (unpaired) electrons. The van der Waals surface area contributed by atoms with Crippen LogP contribution in [0.25, 0.3) is 0 Å². The number of halogens is 1. The van der Waals surface area contributed by atoms with E-state index in [0.717, 1.165) is 44.6 Å². The second-order valence-corrected chi connectivity index (χ2v) is 5.99. The predicted octanol–water partition coefficient (Wildman–Crippen LogP) is 2.64. The monoisotopic (exact) mass is 315 g/mol. The normalized spacial score (nSPS) is 18.9. The van der Waals surface area contributed by atoms with Crippen LogP contribution in [0.15, 0.2) is 42.6 Å². The molecule has 2 N–H and O–H groups in total. The van der Waals surface area contributed by atoms with Gasteiger partial charge in [0.05, 0.1) is 12.7 Å². The molecule has 0 spiro atoms. The summed E-state index contributed by atoms with van der Waals surface area (Å²) in [4.78, 5) is 6.33. The van der Waals surface area contributed by atoms with Gasteiger partial charge in [-0.1, -0.05) is 12.1 Å². The van der Waals surface area contributed by atoms with Crippen LogP contribution in [0, 0.1) is 5.82 Å². The Morgan fingerprint density at radius 2 is 2.17 bits per heavy atom. The number of nitrogens with zero attached hydrogens (tertiary/aromatic N) is 2. The summed E-state index contributed by atoms with van der Waals surface area (Å²) in [6.07, 6.45) is 3.81. The minimum atomic E-state index is -0.178. The van der Waals surface area contributed by atoms with E-state index < -0.39 is 0 Å². The number of hydrogen-bond acceptors (Lipinski definition) is 4. The summed E-state index contributed by atoms with van der Waals surface area (Å²) in [7, 11) is 0. The Labute approximate surface area is 136 Å². The standard InChI is InChI=1S/C18H22FN3O/c19-16-3-1-2-15(10-16)12-22-8-9-23-17(13-22)5-4-14-6-7-21-18(20)11-14/h1-3,6-7,10-11,17H,4-5,8-9,12-13H2,(H2,20,21). The van der Waals surface area contributed by atoms with E-state index in [9.17, 15) is 4.39 Å². The van der Waals surface area contributed by atoms with Gasteiger partial charge in [-0.3, -0.25) is 4.90 Å². The van der Waals surface area contributed by atoms with Crippen molar-refractivity contribution in [1.82, 2.24) is 9.88 Å². The summed E-state index contributed by atoms with van der Waals surface area (Å²) in [6, 6.07) is 10.7. The average Bonchev–Trinajstić information content (AvgIpc) is 2.53. The Hall–Kier alpha value is -1.98. The molecule has 1 aliphatic heterocycles. The van der Waals surface area contributed by atoms with Crippen molar-refractivity contribution in [3.63, 3.8) is 0 Å². The fourth-order valence-electron chi connectivity index (χ4n) is 2.97. The maximum atomic E-state index is 13.3. The second kappa shape index (κ2) is 7.53. The van der Waals surface area contributed by atoms with E-state index in [1.807, 2.05) is 18.2 Å². The fraction of sp³-hybridized carbons (Fsp3) is 0.389. The van der Waals surface area contributed by atoms with Gasteiger partial charge < -0.3 is 10.5 Å². The molecule has 23 heavy (non-hydrogen) atoms. The Morgan fingerprint density at radius 3 is 3.00 bits per heavy atom. The molecule has 4 nitrogen and oxygen atoms in total. The largest absolute Gasteiger partial charge is 0.384 e. The molecule has 1 atom stereocenters. The summed E-state index contributed by atoms with van der Waals surface area (Å²) < 4.78 is 19.1. The number of pyridine rings is 1. The minimum Gasteiger partial charge on any atom is -0.384 e. The third-order valence-corrected chi connectivity index (χ3v) is 4.12. The van der Waals surface area contributed by atoms with Gasteiger partial charge in [-0.05, 0) is 48.2 Å². The summed E-state index contributed by atoms with van der Waals surface area (Å²) in [5, 5.41) is 0.